The third kappa shape index (κ3) is 8.01. The van der Waals surface area contributed by atoms with Gasteiger partial charge in [0.1, 0.15) is 31.2 Å². The molecule has 2 fully saturated rings. The van der Waals surface area contributed by atoms with E-state index in [0.29, 0.717) is 18.7 Å². The van der Waals surface area contributed by atoms with Gasteiger partial charge in [0, 0.05) is 41.8 Å². The van der Waals surface area contributed by atoms with Crippen molar-refractivity contribution in [3.63, 3.8) is 0 Å². The molecule has 1 aliphatic heterocycles. The van der Waals surface area contributed by atoms with Crippen molar-refractivity contribution in [2.45, 2.75) is 69.8 Å². The maximum atomic E-state index is 13.2. The van der Waals surface area contributed by atoms with Gasteiger partial charge in [0.25, 0.3) is 5.56 Å². The van der Waals surface area contributed by atoms with E-state index in [1.165, 1.54) is 24.3 Å². The number of methoxy groups -OCH3 is 1. The molecule has 0 radical (unpaired) electrons. The summed E-state index contributed by atoms with van der Waals surface area (Å²) in [7, 11) is -1.57. The molecule has 1 saturated carbocycles. The number of fused-ring (bicyclic) bond motifs is 2. The first-order valence-electron chi connectivity index (χ1n) is 13.6. The van der Waals surface area contributed by atoms with Crippen LogP contribution in [0.2, 0.25) is 0 Å². The number of hydrogen-bond donors (Lipinski definition) is 4. The summed E-state index contributed by atoms with van der Waals surface area (Å²) in [5, 5.41) is 14.5. The molecule has 4 N–H and O–H groups in total. The predicted octanol–water partition coefficient (Wildman–Crippen LogP) is 2.17. The molecule has 2 aliphatic rings. The van der Waals surface area contributed by atoms with Crippen LogP contribution >= 0.6 is 15.0 Å². The van der Waals surface area contributed by atoms with Crippen LogP contribution < -0.4 is 15.6 Å². The number of aliphatic hydroxyl groups excluding tert-OH is 1. The molecule has 20 heteroatoms. The number of hydrogen-bond acceptors (Lipinski definition) is 15. The number of rotatable bonds is 5. The highest BCUT2D eigenvalue weighted by atomic mass is 32.5. The Morgan fingerprint density at radius 3 is 2.77 bits per heavy atom. The molecule has 0 amide bonds. The minimum absolute atomic E-state index is 0.0317. The summed E-state index contributed by atoms with van der Waals surface area (Å²) in [6.07, 6.45) is -0.502. The van der Waals surface area contributed by atoms with Crippen LogP contribution in [0.1, 0.15) is 39.8 Å². The summed E-state index contributed by atoms with van der Waals surface area (Å²) < 4.78 is 48.6. The second kappa shape index (κ2) is 13.5. The fraction of sp³-hybridized carbons (Fsp3) is 0.625. The molecule has 4 heterocycles. The molecule has 2 unspecified atom stereocenters. The molecule has 44 heavy (non-hydrogen) atoms. The van der Waals surface area contributed by atoms with Crippen molar-refractivity contribution < 1.29 is 42.1 Å². The number of anilines is 1. The molecule has 8 atom stereocenters. The topological polar surface area (TPSA) is 214 Å². The van der Waals surface area contributed by atoms with E-state index < -0.39 is 63.1 Å². The standard InChI is InChI=1S/C24H33N7O10P2S/c1-24(2,3)30-23-28-20-18(21(33)29-23)27-12-31(20)22-19(32)16(36-4)10-38-43(35,44)41-15-8-14(39-17-5-6-25-11-26-17)7-13(15)9-37-42(34)40-22/h5-6,11-16,19,22,32H,7-10H2,1-4H3,(H2-,28,29,30,33,35,44)/p+1/t13-,14-,15+,16-,19-,22-,43?/m1/s1. The van der Waals surface area contributed by atoms with Gasteiger partial charge in [-0.05, 0) is 39.0 Å². The third-order valence-corrected chi connectivity index (χ3v) is 9.20. The first-order valence-corrected chi connectivity index (χ1v) is 17.3. The van der Waals surface area contributed by atoms with E-state index in [0.717, 1.165) is 0 Å². The minimum atomic E-state index is -3.87. The third-order valence-electron chi connectivity index (χ3n) is 6.86. The van der Waals surface area contributed by atoms with Gasteiger partial charge in [-0.3, -0.25) is 14.3 Å². The van der Waals surface area contributed by atoms with Crippen LogP contribution in [0.4, 0.5) is 5.95 Å². The van der Waals surface area contributed by atoms with Gasteiger partial charge >= 0.3 is 15.0 Å². The Balaban J connectivity index is 1.44. The van der Waals surface area contributed by atoms with Gasteiger partial charge in [-0.1, -0.05) is 4.52 Å². The largest absolute Gasteiger partial charge is 0.699 e. The quantitative estimate of drug-likeness (QED) is 0.285. The van der Waals surface area contributed by atoms with Crippen molar-refractivity contribution in [2.24, 2.45) is 5.92 Å². The Labute approximate surface area is 257 Å². The van der Waals surface area contributed by atoms with Crippen LogP contribution in [0, 0.1) is 5.92 Å². The van der Waals surface area contributed by atoms with Crippen molar-refractivity contribution in [3.8, 4) is 5.88 Å². The summed E-state index contributed by atoms with van der Waals surface area (Å²) in [5.74, 6) is 0.0758. The molecule has 1 saturated heterocycles. The van der Waals surface area contributed by atoms with Crippen LogP contribution in [-0.4, -0.2) is 89.8 Å². The van der Waals surface area contributed by atoms with Gasteiger partial charge in [0.15, 0.2) is 11.2 Å². The highest BCUT2D eigenvalue weighted by molar-refractivity contribution is 8.07. The average molecular weight is 675 g/mol. The second-order valence-corrected chi connectivity index (χ2v) is 15.0. The number of H-pyrrole nitrogens is 1. The van der Waals surface area contributed by atoms with E-state index in [1.807, 2.05) is 20.8 Å². The van der Waals surface area contributed by atoms with Crippen LogP contribution in [-0.2, 0) is 39.2 Å². The lowest BCUT2D eigenvalue weighted by molar-refractivity contribution is -0.105. The van der Waals surface area contributed by atoms with Gasteiger partial charge in [-0.25, -0.2) is 15.0 Å². The lowest BCUT2D eigenvalue weighted by Gasteiger charge is -2.28. The van der Waals surface area contributed by atoms with E-state index >= 15 is 0 Å². The zero-order chi connectivity index (χ0) is 31.6. The molecule has 0 bridgehead atoms. The molecule has 0 aromatic carbocycles. The normalized spacial score (nSPS) is 31.5. The number of imidazole rings is 1. The van der Waals surface area contributed by atoms with Crippen LogP contribution in [0.3, 0.4) is 0 Å². The van der Waals surface area contributed by atoms with Crippen molar-refractivity contribution in [1.29, 1.82) is 0 Å². The van der Waals surface area contributed by atoms with Gasteiger partial charge in [0.05, 0.1) is 19.0 Å². The van der Waals surface area contributed by atoms with Crippen LogP contribution in [0.25, 0.3) is 11.2 Å². The maximum Gasteiger partial charge on any atom is 0.699 e. The predicted molar refractivity (Wildman–Crippen MR) is 159 cm³/mol. The highest BCUT2D eigenvalue weighted by Gasteiger charge is 2.45. The zero-order valence-corrected chi connectivity index (χ0v) is 26.9. The van der Waals surface area contributed by atoms with Crippen molar-refractivity contribution in [2.75, 3.05) is 25.6 Å². The smallest absolute Gasteiger partial charge is 0.474 e. The molecular weight excluding hydrogens is 640 g/mol. The molecular formula is C24H34N7O10P2S+. The van der Waals surface area contributed by atoms with E-state index in [2.05, 4.69) is 30.2 Å². The minimum Gasteiger partial charge on any atom is -0.474 e. The summed E-state index contributed by atoms with van der Waals surface area (Å²) >= 11 is 5.28. The van der Waals surface area contributed by atoms with Crippen molar-refractivity contribution >= 4 is 43.9 Å². The molecule has 240 valence electrons. The molecule has 3 aromatic rings. The van der Waals surface area contributed by atoms with Gasteiger partial charge in [-0.2, -0.15) is 4.98 Å². The molecule has 1 aliphatic carbocycles. The van der Waals surface area contributed by atoms with Gasteiger partial charge in [-0.15, -0.1) is 4.52 Å². The van der Waals surface area contributed by atoms with Crippen molar-refractivity contribution in [1.82, 2.24) is 29.5 Å². The summed E-state index contributed by atoms with van der Waals surface area (Å²) in [5.41, 5.74) is -1.01. The number of aliphatic hydroxyl groups is 1. The summed E-state index contributed by atoms with van der Waals surface area (Å²) in [6, 6.07) is 1.61. The van der Waals surface area contributed by atoms with E-state index in [1.54, 1.807) is 12.3 Å². The Kier molecular flexibility index (Phi) is 10.1. The fourth-order valence-electron chi connectivity index (χ4n) is 4.90. The van der Waals surface area contributed by atoms with Crippen LogP contribution in [0.5, 0.6) is 5.88 Å². The van der Waals surface area contributed by atoms with E-state index in [-0.39, 0.29) is 29.8 Å². The number of aromatic amines is 1. The van der Waals surface area contributed by atoms with Crippen LogP contribution in [0.15, 0.2) is 29.7 Å². The number of aromatic nitrogens is 6. The average Bonchev–Trinajstić information content (AvgIpc) is 3.53. The highest BCUT2D eigenvalue weighted by Crippen LogP contribution is 2.50. The number of nitrogens with one attached hydrogen (secondary N) is 2. The maximum absolute atomic E-state index is 13.2. The fourth-order valence-corrected chi connectivity index (χ4v) is 7.18. The molecule has 5 rings (SSSR count). The van der Waals surface area contributed by atoms with Crippen molar-refractivity contribution in [3.05, 3.63) is 35.3 Å². The number of nitrogens with zero attached hydrogens (tertiary/aromatic N) is 5. The van der Waals surface area contributed by atoms with E-state index in [9.17, 15) is 19.4 Å². The Morgan fingerprint density at radius 2 is 2.07 bits per heavy atom. The first kappa shape index (κ1) is 32.9. The zero-order valence-electron chi connectivity index (χ0n) is 24.3. The van der Waals surface area contributed by atoms with Gasteiger partial charge < -0.3 is 33.8 Å². The monoisotopic (exact) mass is 674 g/mol. The summed E-state index contributed by atoms with van der Waals surface area (Å²) in [4.78, 5) is 42.9. The summed E-state index contributed by atoms with van der Waals surface area (Å²) in [6.45, 7) is 1.23. The van der Waals surface area contributed by atoms with Gasteiger partial charge in [0.2, 0.25) is 18.1 Å². The second-order valence-electron chi connectivity index (χ2n) is 11.3. The Bertz CT molecular complexity index is 1570. The first-order chi connectivity index (χ1) is 20.8. The lowest BCUT2D eigenvalue weighted by atomic mass is 10.1. The lowest BCUT2D eigenvalue weighted by Crippen LogP contribution is -2.40. The SMILES string of the molecule is CO[C@@H]1COP(O)(=S)O[C@H]2C[C@H](Oc3ccncn3)C[C@@H]2CO[P+](=O)O[C@@H](n2cnc3c(=O)[nH]c(NC(C)(C)C)nc32)[C@@H]1O. The molecule has 3 aromatic heterocycles. The van der Waals surface area contributed by atoms with E-state index in [4.69, 9.17) is 39.4 Å². The molecule has 17 nitrogen and oxygen atoms in total. The molecule has 0 spiro atoms. The number of ether oxygens (including phenoxy) is 2. The Hall–Kier alpha value is -2.50. The Morgan fingerprint density at radius 1 is 1.27 bits per heavy atom.